The van der Waals surface area contributed by atoms with Gasteiger partial charge in [0.15, 0.2) is 0 Å². The van der Waals surface area contributed by atoms with E-state index < -0.39 is 0 Å². The van der Waals surface area contributed by atoms with Crippen molar-refractivity contribution in [2.75, 3.05) is 13.2 Å². The van der Waals surface area contributed by atoms with Crippen molar-refractivity contribution in [1.82, 2.24) is 0 Å². The van der Waals surface area contributed by atoms with Gasteiger partial charge in [-0.25, -0.2) is 0 Å². The molecule has 1 fully saturated rings. The number of furan rings is 1. The molecule has 0 radical (unpaired) electrons. The fraction of sp³-hybridized carbons (Fsp3) is 0.250. The SMILES string of the molecule is C1CCOC1.Clc1ccc2c(c1)oc1cc(Br)ccc12. The van der Waals surface area contributed by atoms with Crippen molar-refractivity contribution >= 4 is 49.5 Å². The molecule has 0 atom stereocenters. The largest absolute Gasteiger partial charge is 0.456 e. The molecule has 0 aliphatic carbocycles. The van der Waals surface area contributed by atoms with E-state index in [0.717, 1.165) is 39.6 Å². The normalized spacial score (nSPS) is 14.5. The number of fused-ring (bicyclic) bond motifs is 3. The van der Waals surface area contributed by atoms with Gasteiger partial charge in [0, 0.05) is 39.5 Å². The second kappa shape index (κ2) is 6.17. The van der Waals surface area contributed by atoms with Crippen LogP contribution < -0.4 is 0 Å². The van der Waals surface area contributed by atoms with Crippen LogP contribution in [-0.4, -0.2) is 13.2 Å². The first-order chi connectivity index (χ1) is 9.74. The highest BCUT2D eigenvalue weighted by Crippen LogP contribution is 2.31. The molecule has 4 rings (SSSR count). The summed E-state index contributed by atoms with van der Waals surface area (Å²) in [4.78, 5) is 0. The van der Waals surface area contributed by atoms with Gasteiger partial charge < -0.3 is 9.15 Å². The number of ether oxygens (including phenoxy) is 1. The summed E-state index contributed by atoms with van der Waals surface area (Å²) in [5.74, 6) is 0. The highest BCUT2D eigenvalue weighted by Gasteiger charge is 2.06. The summed E-state index contributed by atoms with van der Waals surface area (Å²) < 4.78 is 11.7. The average molecular weight is 354 g/mol. The van der Waals surface area contributed by atoms with Gasteiger partial charge in [-0.05, 0) is 43.2 Å². The first-order valence-electron chi connectivity index (χ1n) is 6.59. The summed E-state index contributed by atoms with van der Waals surface area (Å²) in [6.07, 6.45) is 2.56. The number of hydrogen-bond acceptors (Lipinski definition) is 2. The van der Waals surface area contributed by atoms with Gasteiger partial charge in [-0.15, -0.1) is 0 Å². The summed E-state index contributed by atoms with van der Waals surface area (Å²) in [5, 5.41) is 2.91. The zero-order valence-electron chi connectivity index (χ0n) is 10.9. The highest BCUT2D eigenvalue weighted by molar-refractivity contribution is 9.10. The lowest BCUT2D eigenvalue weighted by Gasteiger charge is -1.90. The fourth-order valence-corrected chi connectivity index (χ4v) is 2.74. The Bertz CT molecular complexity index is 668. The maximum Gasteiger partial charge on any atom is 0.136 e. The Morgan fingerprint density at radius 2 is 1.55 bits per heavy atom. The van der Waals surface area contributed by atoms with Crippen molar-refractivity contribution in [2.45, 2.75) is 12.8 Å². The van der Waals surface area contributed by atoms with Crippen molar-refractivity contribution in [1.29, 1.82) is 0 Å². The van der Waals surface area contributed by atoms with Crippen LogP contribution in [0.3, 0.4) is 0 Å². The Hall–Kier alpha value is -1.03. The molecule has 0 N–H and O–H groups in total. The quantitative estimate of drug-likeness (QED) is 0.509. The van der Waals surface area contributed by atoms with E-state index in [9.17, 15) is 0 Å². The summed E-state index contributed by atoms with van der Waals surface area (Å²) in [6, 6.07) is 11.7. The van der Waals surface area contributed by atoms with Crippen LogP contribution in [0.25, 0.3) is 21.9 Å². The Balaban J connectivity index is 0.000000205. The molecule has 104 valence electrons. The third kappa shape index (κ3) is 3.00. The molecule has 0 amide bonds. The van der Waals surface area contributed by atoms with Gasteiger partial charge in [-0.1, -0.05) is 27.5 Å². The maximum absolute atomic E-state index is 5.91. The topological polar surface area (TPSA) is 22.4 Å². The molecule has 0 unspecified atom stereocenters. The number of halogens is 2. The van der Waals surface area contributed by atoms with Crippen LogP contribution in [0.2, 0.25) is 5.02 Å². The molecule has 2 aromatic carbocycles. The summed E-state index contributed by atoms with van der Waals surface area (Å²) >= 11 is 9.33. The minimum absolute atomic E-state index is 0.695. The minimum atomic E-state index is 0.695. The van der Waals surface area contributed by atoms with Gasteiger partial charge in [0.2, 0.25) is 0 Å². The third-order valence-electron chi connectivity index (χ3n) is 3.22. The van der Waals surface area contributed by atoms with E-state index in [2.05, 4.69) is 15.9 Å². The molecular formula is C16H14BrClO2. The second-order valence-electron chi connectivity index (χ2n) is 4.70. The van der Waals surface area contributed by atoms with E-state index in [1.807, 2.05) is 36.4 Å². The van der Waals surface area contributed by atoms with E-state index in [0.29, 0.717) is 5.02 Å². The average Bonchev–Trinajstić information content (AvgIpc) is 3.08. The van der Waals surface area contributed by atoms with Crippen LogP contribution in [0.5, 0.6) is 0 Å². The van der Waals surface area contributed by atoms with E-state index in [-0.39, 0.29) is 0 Å². The van der Waals surface area contributed by atoms with Crippen LogP contribution in [-0.2, 0) is 4.74 Å². The molecule has 20 heavy (non-hydrogen) atoms. The molecule has 3 aromatic rings. The van der Waals surface area contributed by atoms with E-state index >= 15 is 0 Å². The smallest absolute Gasteiger partial charge is 0.136 e. The molecule has 0 bridgehead atoms. The molecule has 1 aliphatic heterocycles. The molecule has 1 aliphatic rings. The van der Waals surface area contributed by atoms with Crippen molar-refractivity contribution in [3.05, 3.63) is 45.9 Å². The lowest BCUT2D eigenvalue weighted by Crippen LogP contribution is -1.74. The van der Waals surface area contributed by atoms with Gasteiger partial charge in [-0.2, -0.15) is 0 Å². The second-order valence-corrected chi connectivity index (χ2v) is 6.05. The summed E-state index contributed by atoms with van der Waals surface area (Å²) in [7, 11) is 0. The Morgan fingerprint density at radius 3 is 2.20 bits per heavy atom. The first-order valence-corrected chi connectivity index (χ1v) is 7.76. The van der Waals surface area contributed by atoms with Crippen LogP contribution in [0.1, 0.15) is 12.8 Å². The van der Waals surface area contributed by atoms with E-state index in [1.165, 1.54) is 12.8 Å². The zero-order valence-corrected chi connectivity index (χ0v) is 13.2. The van der Waals surface area contributed by atoms with Crippen molar-refractivity contribution in [3.63, 3.8) is 0 Å². The molecule has 2 heterocycles. The maximum atomic E-state index is 5.91. The third-order valence-corrected chi connectivity index (χ3v) is 3.95. The summed E-state index contributed by atoms with van der Waals surface area (Å²) in [6.45, 7) is 2.00. The molecule has 0 saturated carbocycles. The summed E-state index contributed by atoms with van der Waals surface area (Å²) in [5.41, 5.74) is 1.71. The van der Waals surface area contributed by atoms with Gasteiger partial charge in [0.05, 0.1) is 0 Å². The molecular weight excluding hydrogens is 340 g/mol. The van der Waals surface area contributed by atoms with Gasteiger partial charge in [-0.3, -0.25) is 0 Å². The molecule has 0 spiro atoms. The Labute approximate surface area is 130 Å². The fourth-order valence-electron chi connectivity index (χ4n) is 2.24. The van der Waals surface area contributed by atoms with Gasteiger partial charge in [0.25, 0.3) is 0 Å². The Morgan fingerprint density at radius 1 is 0.900 bits per heavy atom. The van der Waals surface area contributed by atoms with Crippen molar-refractivity contribution in [2.24, 2.45) is 0 Å². The van der Waals surface area contributed by atoms with Crippen LogP contribution in [0.15, 0.2) is 45.3 Å². The lowest BCUT2D eigenvalue weighted by molar-refractivity contribution is 0.198. The van der Waals surface area contributed by atoms with Crippen LogP contribution >= 0.6 is 27.5 Å². The number of hydrogen-bond donors (Lipinski definition) is 0. The first kappa shape index (κ1) is 13.9. The predicted octanol–water partition coefficient (Wildman–Crippen LogP) is 5.80. The number of rotatable bonds is 0. The molecule has 2 nitrogen and oxygen atoms in total. The molecule has 1 saturated heterocycles. The van der Waals surface area contributed by atoms with Crippen molar-refractivity contribution in [3.8, 4) is 0 Å². The van der Waals surface area contributed by atoms with Gasteiger partial charge >= 0.3 is 0 Å². The number of benzene rings is 2. The standard InChI is InChI=1S/C12H6BrClO.C4H8O/c13-7-1-3-9-10-4-2-8(14)6-12(10)15-11(9)5-7;1-2-4-5-3-1/h1-6H;1-4H2. The Kier molecular flexibility index (Phi) is 4.29. The highest BCUT2D eigenvalue weighted by atomic mass is 79.9. The predicted molar refractivity (Wildman–Crippen MR) is 86.5 cm³/mol. The van der Waals surface area contributed by atoms with Gasteiger partial charge in [0.1, 0.15) is 11.2 Å². The monoisotopic (exact) mass is 352 g/mol. The van der Waals surface area contributed by atoms with Crippen LogP contribution in [0, 0.1) is 0 Å². The lowest BCUT2D eigenvalue weighted by atomic mass is 10.2. The van der Waals surface area contributed by atoms with E-state index in [4.69, 9.17) is 20.8 Å². The minimum Gasteiger partial charge on any atom is -0.456 e. The molecule has 1 aromatic heterocycles. The zero-order chi connectivity index (χ0) is 13.9. The van der Waals surface area contributed by atoms with Crippen LogP contribution in [0.4, 0.5) is 0 Å². The van der Waals surface area contributed by atoms with E-state index in [1.54, 1.807) is 0 Å². The molecule has 4 heteroatoms. The van der Waals surface area contributed by atoms with Crippen molar-refractivity contribution < 1.29 is 9.15 Å².